The van der Waals surface area contributed by atoms with Crippen LogP contribution in [-0.4, -0.2) is 31.3 Å². The Morgan fingerprint density at radius 2 is 1.88 bits per heavy atom. The van der Waals surface area contributed by atoms with E-state index in [9.17, 15) is 4.79 Å². The molecule has 1 radical (unpaired) electrons. The van der Waals surface area contributed by atoms with Crippen LogP contribution in [0, 0.1) is 0 Å². The first-order chi connectivity index (χ1) is 12.2. The molecule has 1 atom stereocenters. The number of aliphatic hydroxyl groups is 1. The number of carbonyl (C=O) groups is 1. The van der Waals surface area contributed by atoms with E-state index in [1.54, 1.807) is 37.8 Å². The number of hydrogen-bond acceptors (Lipinski definition) is 4. The van der Waals surface area contributed by atoms with Gasteiger partial charge in [0, 0.05) is 0 Å². The molecule has 0 amide bonds. The Morgan fingerprint density at radius 1 is 1.20 bits per heavy atom. The molecule has 25 heavy (non-hydrogen) atoms. The molecule has 0 saturated carbocycles. The molecule has 2 aromatic rings. The van der Waals surface area contributed by atoms with Crippen LogP contribution in [0.15, 0.2) is 55.1 Å². The van der Waals surface area contributed by atoms with E-state index in [2.05, 4.69) is 6.58 Å². The van der Waals surface area contributed by atoms with Gasteiger partial charge in [0.2, 0.25) is 0 Å². The van der Waals surface area contributed by atoms with E-state index in [1.807, 2.05) is 31.2 Å². The van der Waals surface area contributed by atoms with Crippen molar-refractivity contribution in [2.75, 3.05) is 6.61 Å². The third-order valence-electron chi connectivity index (χ3n) is 3.79. The number of carbonyl (C=O) groups excluding carboxylic acids is 1. The predicted molar refractivity (Wildman–Crippen MR) is 99.7 cm³/mol. The van der Waals surface area contributed by atoms with E-state index >= 15 is 0 Å². The second kappa shape index (κ2) is 9.82. The monoisotopic (exact) mass is 337 g/mol. The lowest BCUT2D eigenvalue weighted by Crippen LogP contribution is -2.26. The molecule has 2 aromatic carbocycles. The van der Waals surface area contributed by atoms with Gasteiger partial charge in [-0.05, 0) is 29.7 Å². The minimum Gasteiger partial charge on any atom is -0.457 e. The fraction of sp³-hybridized carbons (Fsp3) is 0.250. The molecule has 0 saturated heterocycles. The maximum absolute atomic E-state index is 12.1. The molecule has 0 fully saturated rings. The molecule has 0 aromatic heterocycles. The van der Waals surface area contributed by atoms with Gasteiger partial charge < -0.3 is 14.5 Å². The van der Waals surface area contributed by atoms with Gasteiger partial charge in [-0.15, -0.1) is 0 Å². The first kappa shape index (κ1) is 19.0. The lowest BCUT2D eigenvalue weighted by atomic mass is 9.87. The van der Waals surface area contributed by atoms with Crippen molar-refractivity contribution in [1.29, 1.82) is 0 Å². The summed E-state index contributed by atoms with van der Waals surface area (Å²) in [6.45, 7) is 5.85. The summed E-state index contributed by atoms with van der Waals surface area (Å²) in [5.41, 5.74) is 3.25. The Morgan fingerprint density at radius 3 is 2.44 bits per heavy atom. The summed E-state index contributed by atoms with van der Waals surface area (Å²) in [6.07, 6.45) is 2.28. The second-order valence-electron chi connectivity index (χ2n) is 5.61. The normalized spacial score (nSPS) is 11.6. The summed E-state index contributed by atoms with van der Waals surface area (Å²) in [7, 11) is 1.58. The first-order valence-electron chi connectivity index (χ1n) is 8.24. The minimum atomic E-state index is -0.373. The van der Waals surface area contributed by atoms with Gasteiger partial charge in [0.25, 0.3) is 0 Å². The molecule has 0 aliphatic rings. The molecule has 0 heterocycles. The lowest BCUT2D eigenvalue weighted by Gasteiger charge is -2.12. The molecule has 4 nitrogen and oxygen atoms in total. The van der Waals surface area contributed by atoms with E-state index in [1.165, 1.54) is 0 Å². The van der Waals surface area contributed by atoms with Crippen molar-refractivity contribution < 1.29 is 19.3 Å². The van der Waals surface area contributed by atoms with Gasteiger partial charge >= 0.3 is 13.5 Å². The van der Waals surface area contributed by atoms with Crippen molar-refractivity contribution in [3.63, 3.8) is 0 Å². The smallest absolute Gasteiger partial charge is 0.338 e. The molecule has 1 N–H and O–H groups in total. The van der Waals surface area contributed by atoms with Crippen LogP contribution >= 0.6 is 0 Å². The van der Waals surface area contributed by atoms with Crippen LogP contribution in [0.25, 0.3) is 6.08 Å². The van der Waals surface area contributed by atoms with Crippen molar-refractivity contribution >= 4 is 25.0 Å². The van der Waals surface area contributed by atoms with Crippen molar-refractivity contribution in [1.82, 2.24) is 0 Å². The van der Waals surface area contributed by atoms with Gasteiger partial charge in [-0.25, -0.2) is 4.79 Å². The van der Waals surface area contributed by atoms with Gasteiger partial charge in [-0.3, -0.25) is 0 Å². The van der Waals surface area contributed by atoms with Crippen LogP contribution in [0.1, 0.15) is 34.8 Å². The topological polar surface area (TPSA) is 55.8 Å². The number of esters is 1. The molecule has 129 valence electrons. The summed E-state index contributed by atoms with van der Waals surface area (Å²) in [4.78, 5) is 12.1. The Hall–Kier alpha value is -2.37. The van der Waals surface area contributed by atoms with Crippen molar-refractivity contribution in [2.45, 2.75) is 26.1 Å². The van der Waals surface area contributed by atoms with E-state index < -0.39 is 0 Å². The molecule has 0 bridgehead atoms. The minimum absolute atomic E-state index is 0.0226. The average molecular weight is 337 g/mol. The Labute approximate surface area is 149 Å². The van der Waals surface area contributed by atoms with Crippen LogP contribution in [0.5, 0.6) is 0 Å². The predicted octanol–water partition coefficient (Wildman–Crippen LogP) is 2.72. The summed E-state index contributed by atoms with van der Waals surface area (Å²) < 4.78 is 10.8. The van der Waals surface area contributed by atoms with Gasteiger partial charge in [0.05, 0.1) is 18.3 Å². The highest BCUT2D eigenvalue weighted by atomic mass is 16.5. The van der Waals surface area contributed by atoms with Crippen LogP contribution in [-0.2, 0) is 16.0 Å². The summed E-state index contributed by atoms with van der Waals surface area (Å²) in [5, 5.41) is 9.09. The Balaban J connectivity index is 1.85. The highest BCUT2D eigenvalue weighted by Crippen LogP contribution is 2.08. The maximum Gasteiger partial charge on any atom is 0.338 e. The van der Waals surface area contributed by atoms with Gasteiger partial charge in [0.1, 0.15) is 6.61 Å². The summed E-state index contributed by atoms with van der Waals surface area (Å²) in [6, 6.07) is 14.6. The zero-order chi connectivity index (χ0) is 18.1. The Kier molecular flexibility index (Phi) is 7.45. The zero-order valence-electron chi connectivity index (χ0n) is 14.4. The number of aliphatic hydroxyl groups excluding tert-OH is 1. The van der Waals surface area contributed by atoms with Crippen molar-refractivity contribution in [2.24, 2.45) is 0 Å². The first-order valence-corrected chi connectivity index (χ1v) is 8.24. The van der Waals surface area contributed by atoms with Crippen LogP contribution in [0.4, 0.5) is 0 Å². The van der Waals surface area contributed by atoms with E-state index in [0.29, 0.717) is 5.56 Å². The third kappa shape index (κ3) is 5.89. The molecule has 0 aliphatic heterocycles. The molecular formula is C20H22BO4. The van der Waals surface area contributed by atoms with E-state index in [0.717, 1.165) is 23.0 Å². The number of hydrogen-bond donors (Lipinski definition) is 1. The fourth-order valence-corrected chi connectivity index (χ4v) is 2.12. The zero-order valence-corrected chi connectivity index (χ0v) is 14.4. The van der Waals surface area contributed by atoms with Crippen LogP contribution < -0.4 is 5.46 Å². The number of benzene rings is 2. The SMILES string of the molecule is C=Cc1ccc(COC(=O)c2ccc([B]OC(CC)CO)cc2)cc1. The van der Waals surface area contributed by atoms with Crippen molar-refractivity contribution in [3.05, 3.63) is 71.8 Å². The highest BCUT2D eigenvalue weighted by molar-refractivity contribution is 6.46. The van der Waals surface area contributed by atoms with Crippen LogP contribution in [0.2, 0.25) is 0 Å². The van der Waals surface area contributed by atoms with E-state index in [4.69, 9.17) is 14.5 Å². The molecular weight excluding hydrogens is 315 g/mol. The summed E-state index contributed by atoms with van der Waals surface area (Å²) >= 11 is 0. The van der Waals surface area contributed by atoms with Gasteiger partial charge in [-0.2, -0.15) is 0 Å². The molecule has 0 aliphatic carbocycles. The standard InChI is InChI=1S/C20H22BO4/c1-3-15-5-7-16(8-6-15)14-24-20(23)17-9-11-18(12-10-17)21-25-19(4-2)13-22/h3,5-12,19,22H,1,4,13-14H2,2H3. The van der Waals surface area contributed by atoms with E-state index in [-0.39, 0.29) is 25.3 Å². The molecule has 2 rings (SSSR count). The Bertz CT molecular complexity index is 676. The second-order valence-corrected chi connectivity index (χ2v) is 5.61. The quantitative estimate of drug-likeness (QED) is 0.565. The molecule has 5 heteroatoms. The van der Waals surface area contributed by atoms with Gasteiger partial charge in [-0.1, -0.05) is 61.4 Å². The highest BCUT2D eigenvalue weighted by Gasteiger charge is 2.10. The van der Waals surface area contributed by atoms with Crippen LogP contribution in [0.3, 0.4) is 0 Å². The summed E-state index contributed by atoms with van der Waals surface area (Å²) in [5.74, 6) is -0.373. The molecule has 0 spiro atoms. The van der Waals surface area contributed by atoms with Gasteiger partial charge in [0.15, 0.2) is 0 Å². The fourth-order valence-electron chi connectivity index (χ4n) is 2.12. The molecule has 1 unspecified atom stereocenters. The third-order valence-corrected chi connectivity index (χ3v) is 3.79. The maximum atomic E-state index is 12.1. The lowest BCUT2D eigenvalue weighted by molar-refractivity contribution is 0.0472. The number of rotatable bonds is 9. The largest absolute Gasteiger partial charge is 0.457 e. The van der Waals surface area contributed by atoms with Crippen molar-refractivity contribution in [3.8, 4) is 0 Å². The average Bonchev–Trinajstić information content (AvgIpc) is 2.67. The number of ether oxygens (including phenoxy) is 1.